The van der Waals surface area contributed by atoms with Gasteiger partial charge in [0, 0.05) is 58.7 Å². The van der Waals surface area contributed by atoms with Crippen LogP contribution in [0.25, 0.3) is 0 Å². The topological polar surface area (TPSA) is 53.8 Å². The first kappa shape index (κ1) is 20.2. The summed E-state index contributed by atoms with van der Waals surface area (Å²) in [4.78, 5) is 6.75. The van der Waals surface area contributed by atoms with E-state index in [2.05, 4.69) is 44.4 Å². The van der Waals surface area contributed by atoms with Gasteiger partial charge in [0.05, 0.1) is 13.2 Å². The van der Waals surface area contributed by atoms with Crippen molar-refractivity contribution in [1.29, 1.82) is 0 Å². The number of hydrogen-bond acceptors (Lipinski definition) is 3. The summed E-state index contributed by atoms with van der Waals surface area (Å²) in [5.74, 6) is 1.46. The number of aliphatic imine (C=N–C) groups is 1. The Morgan fingerprint density at radius 3 is 2.57 bits per heavy atom. The van der Waals surface area contributed by atoms with Crippen LogP contribution in [0.3, 0.4) is 0 Å². The van der Waals surface area contributed by atoms with Crippen molar-refractivity contribution in [3.05, 3.63) is 24.5 Å². The van der Waals surface area contributed by atoms with Crippen LogP contribution < -0.4 is 10.6 Å². The molecule has 1 saturated heterocycles. The number of halogens is 1. The zero-order chi connectivity index (χ0) is 15.6. The molecule has 1 aromatic heterocycles. The Morgan fingerprint density at radius 1 is 1.22 bits per heavy atom. The van der Waals surface area contributed by atoms with Crippen molar-refractivity contribution < 1.29 is 4.74 Å². The van der Waals surface area contributed by atoms with E-state index in [1.165, 1.54) is 0 Å². The average molecular weight is 435 g/mol. The third kappa shape index (κ3) is 8.03. The molecule has 1 atom stereocenters. The molecule has 2 rings (SSSR count). The third-order valence-electron chi connectivity index (χ3n) is 3.84. The highest BCUT2D eigenvalue weighted by molar-refractivity contribution is 14.0. The Hall–Kier alpha value is -0.800. The van der Waals surface area contributed by atoms with Gasteiger partial charge >= 0.3 is 0 Å². The molecule has 7 heteroatoms. The van der Waals surface area contributed by atoms with E-state index in [1.54, 1.807) is 0 Å². The maximum absolute atomic E-state index is 5.38. The summed E-state index contributed by atoms with van der Waals surface area (Å²) in [5, 5.41) is 6.76. The smallest absolute Gasteiger partial charge is 0.191 e. The van der Waals surface area contributed by atoms with Gasteiger partial charge in [-0.25, -0.2) is 0 Å². The molecule has 1 aliphatic heterocycles. The zero-order valence-electron chi connectivity index (χ0n) is 14.2. The highest BCUT2D eigenvalue weighted by atomic mass is 127. The van der Waals surface area contributed by atoms with E-state index in [1.807, 2.05) is 19.2 Å². The van der Waals surface area contributed by atoms with Gasteiger partial charge in [0.15, 0.2) is 5.96 Å². The molecule has 1 fully saturated rings. The van der Waals surface area contributed by atoms with Gasteiger partial charge in [0.1, 0.15) is 0 Å². The van der Waals surface area contributed by atoms with Gasteiger partial charge in [-0.1, -0.05) is 6.92 Å². The van der Waals surface area contributed by atoms with Crippen LogP contribution in [0.5, 0.6) is 0 Å². The third-order valence-corrected chi connectivity index (χ3v) is 3.84. The van der Waals surface area contributed by atoms with Crippen LogP contribution in [0.2, 0.25) is 0 Å². The van der Waals surface area contributed by atoms with E-state index >= 15 is 0 Å². The lowest BCUT2D eigenvalue weighted by atomic mass is 10.1. The van der Waals surface area contributed by atoms with Crippen LogP contribution in [0, 0.1) is 5.92 Å². The molecule has 0 aromatic carbocycles. The molecule has 0 spiro atoms. The standard InChI is InChI=1S/C16H29N5O.HI/c1-15(14-21-9-11-22-12-10-21)13-19-16(17-2)18-5-8-20-6-3-4-7-20;/h3-4,6-7,15H,5,8-14H2,1-2H3,(H2,17,18,19);1H. The van der Waals surface area contributed by atoms with Crippen LogP contribution in [0.15, 0.2) is 29.5 Å². The molecule has 132 valence electrons. The van der Waals surface area contributed by atoms with Gasteiger partial charge in [-0.2, -0.15) is 0 Å². The molecule has 1 aliphatic rings. The van der Waals surface area contributed by atoms with Crippen LogP contribution in [0.4, 0.5) is 0 Å². The van der Waals surface area contributed by atoms with Gasteiger partial charge in [-0.3, -0.25) is 9.89 Å². The minimum absolute atomic E-state index is 0. The van der Waals surface area contributed by atoms with Crippen LogP contribution >= 0.6 is 24.0 Å². The number of guanidine groups is 1. The van der Waals surface area contributed by atoms with Crippen LogP contribution in [-0.2, 0) is 11.3 Å². The first-order valence-corrected chi connectivity index (χ1v) is 8.13. The van der Waals surface area contributed by atoms with E-state index in [0.29, 0.717) is 5.92 Å². The molecule has 1 unspecified atom stereocenters. The molecule has 0 amide bonds. The minimum atomic E-state index is 0. The van der Waals surface area contributed by atoms with Gasteiger partial charge in [-0.05, 0) is 18.1 Å². The Balaban J connectivity index is 0.00000264. The highest BCUT2D eigenvalue weighted by Crippen LogP contribution is 2.02. The first-order chi connectivity index (χ1) is 10.8. The maximum Gasteiger partial charge on any atom is 0.191 e. The molecule has 2 N–H and O–H groups in total. The second-order valence-corrected chi connectivity index (χ2v) is 5.82. The van der Waals surface area contributed by atoms with E-state index < -0.39 is 0 Å². The largest absolute Gasteiger partial charge is 0.379 e. The summed E-state index contributed by atoms with van der Waals surface area (Å²) in [5.41, 5.74) is 0. The summed E-state index contributed by atoms with van der Waals surface area (Å²) in [6.45, 7) is 9.95. The van der Waals surface area contributed by atoms with Crippen molar-refractivity contribution in [3.63, 3.8) is 0 Å². The number of ether oxygens (including phenoxy) is 1. The molecule has 0 radical (unpaired) electrons. The van der Waals surface area contributed by atoms with Crippen molar-refractivity contribution in [3.8, 4) is 0 Å². The Bertz CT molecular complexity index is 432. The Labute approximate surface area is 156 Å². The minimum Gasteiger partial charge on any atom is -0.379 e. The summed E-state index contributed by atoms with van der Waals surface area (Å²) < 4.78 is 7.54. The fourth-order valence-electron chi connectivity index (χ4n) is 2.60. The molecule has 6 nitrogen and oxygen atoms in total. The molecule has 0 bridgehead atoms. The average Bonchev–Trinajstić information content (AvgIpc) is 3.05. The summed E-state index contributed by atoms with van der Waals surface area (Å²) in [6.07, 6.45) is 4.14. The second-order valence-electron chi connectivity index (χ2n) is 5.82. The van der Waals surface area contributed by atoms with Gasteiger partial charge < -0.3 is 19.9 Å². The number of nitrogens with one attached hydrogen (secondary N) is 2. The fourth-order valence-corrected chi connectivity index (χ4v) is 2.60. The lowest BCUT2D eigenvalue weighted by molar-refractivity contribution is 0.0320. The van der Waals surface area contributed by atoms with Crippen molar-refractivity contribution in [1.82, 2.24) is 20.1 Å². The summed E-state index contributed by atoms with van der Waals surface area (Å²) in [7, 11) is 1.82. The molecule has 0 aliphatic carbocycles. The SMILES string of the molecule is CN=C(NCCn1cccc1)NCC(C)CN1CCOCC1.I. The maximum atomic E-state index is 5.38. The van der Waals surface area contributed by atoms with Crippen molar-refractivity contribution >= 4 is 29.9 Å². The number of morpholine rings is 1. The van der Waals surface area contributed by atoms with Gasteiger partial charge in [0.25, 0.3) is 0 Å². The molecular formula is C16H30IN5O. The van der Waals surface area contributed by atoms with E-state index in [-0.39, 0.29) is 24.0 Å². The Morgan fingerprint density at radius 2 is 1.91 bits per heavy atom. The lowest BCUT2D eigenvalue weighted by Crippen LogP contribution is -2.44. The number of hydrogen-bond donors (Lipinski definition) is 2. The van der Waals surface area contributed by atoms with Crippen molar-refractivity contribution in [2.45, 2.75) is 13.5 Å². The number of nitrogens with zero attached hydrogens (tertiary/aromatic N) is 3. The van der Waals surface area contributed by atoms with Crippen LogP contribution in [-0.4, -0.2) is 68.4 Å². The van der Waals surface area contributed by atoms with Crippen molar-refractivity contribution in [2.24, 2.45) is 10.9 Å². The molecule has 0 saturated carbocycles. The fraction of sp³-hybridized carbons (Fsp3) is 0.688. The number of rotatable bonds is 7. The molecule has 1 aromatic rings. The van der Waals surface area contributed by atoms with E-state index in [9.17, 15) is 0 Å². The second kappa shape index (κ2) is 11.7. The summed E-state index contributed by atoms with van der Waals surface area (Å²) in [6, 6.07) is 4.08. The van der Waals surface area contributed by atoms with Gasteiger partial charge in [-0.15, -0.1) is 24.0 Å². The molecule has 2 heterocycles. The van der Waals surface area contributed by atoms with Crippen molar-refractivity contribution in [2.75, 3.05) is 53.0 Å². The first-order valence-electron chi connectivity index (χ1n) is 8.13. The number of aromatic nitrogens is 1. The molecule has 23 heavy (non-hydrogen) atoms. The highest BCUT2D eigenvalue weighted by Gasteiger charge is 2.13. The monoisotopic (exact) mass is 435 g/mol. The van der Waals surface area contributed by atoms with E-state index in [4.69, 9.17) is 4.74 Å². The molecular weight excluding hydrogens is 405 g/mol. The Kier molecular flexibility index (Phi) is 10.3. The predicted molar refractivity (Wildman–Crippen MR) is 106 cm³/mol. The predicted octanol–water partition coefficient (Wildman–Crippen LogP) is 1.24. The lowest BCUT2D eigenvalue weighted by Gasteiger charge is -2.29. The van der Waals surface area contributed by atoms with Gasteiger partial charge in [0.2, 0.25) is 0 Å². The normalized spacial score (nSPS) is 17.4. The summed E-state index contributed by atoms with van der Waals surface area (Å²) >= 11 is 0. The zero-order valence-corrected chi connectivity index (χ0v) is 16.5. The van der Waals surface area contributed by atoms with E-state index in [0.717, 1.165) is 58.4 Å². The van der Waals surface area contributed by atoms with Crippen LogP contribution in [0.1, 0.15) is 6.92 Å². The quantitative estimate of drug-likeness (QED) is 0.385.